The maximum absolute atomic E-state index is 2.44. The van der Waals surface area contributed by atoms with Crippen molar-refractivity contribution in [1.29, 1.82) is 0 Å². The van der Waals surface area contributed by atoms with Gasteiger partial charge in [-0.15, -0.1) is 0 Å². The van der Waals surface area contributed by atoms with Crippen molar-refractivity contribution in [2.75, 3.05) is 0 Å². The zero-order chi connectivity index (χ0) is 19.4. The zero-order valence-electron chi connectivity index (χ0n) is 16.4. The fraction of sp³-hybridized carbons (Fsp3) is 0.0714. The van der Waals surface area contributed by atoms with Crippen LogP contribution in [0.25, 0.3) is 49.0 Å². The van der Waals surface area contributed by atoms with Gasteiger partial charge in [0.05, 0.1) is 11.0 Å². The Bertz CT molecular complexity index is 1520. The smallest absolute Gasteiger partial charge is 0.0619 e. The van der Waals surface area contributed by atoms with Crippen molar-refractivity contribution in [3.63, 3.8) is 0 Å². The Morgan fingerprint density at radius 2 is 1.24 bits per heavy atom. The molecule has 1 aromatic heterocycles. The fourth-order valence-corrected chi connectivity index (χ4v) is 4.70. The van der Waals surface area contributed by atoms with E-state index >= 15 is 0 Å². The highest BCUT2D eigenvalue weighted by Crippen LogP contribution is 2.39. The summed E-state index contributed by atoms with van der Waals surface area (Å²) in [5, 5.41) is 7.82. The predicted molar refractivity (Wildman–Crippen MR) is 125 cm³/mol. The molecule has 0 aliphatic rings. The van der Waals surface area contributed by atoms with E-state index in [0.717, 1.165) is 6.42 Å². The van der Waals surface area contributed by atoms with Crippen molar-refractivity contribution in [3.8, 4) is 5.69 Å². The molecule has 0 aliphatic heterocycles. The van der Waals surface area contributed by atoms with Gasteiger partial charge in [-0.25, -0.2) is 0 Å². The van der Waals surface area contributed by atoms with E-state index in [4.69, 9.17) is 0 Å². The Hall–Kier alpha value is -3.58. The highest BCUT2D eigenvalue weighted by atomic mass is 15.0. The number of rotatable bonds is 2. The Balaban J connectivity index is 1.87. The first kappa shape index (κ1) is 16.4. The molecule has 0 amide bonds. The fourth-order valence-electron chi connectivity index (χ4n) is 4.70. The van der Waals surface area contributed by atoms with Crippen molar-refractivity contribution < 1.29 is 0 Å². The van der Waals surface area contributed by atoms with E-state index < -0.39 is 0 Å². The standard InChI is InChI=1S/C28H21N/c1-2-19-11-15-22(16-12-19)29-26-18-14-20-7-3-5-9-23(20)27(26)25-17-13-21-8-4-6-10-24(21)28(25)29/h3-18H,2H2,1H3. The molecule has 0 spiro atoms. The lowest BCUT2D eigenvalue weighted by Crippen LogP contribution is -1.95. The number of hydrogen-bond acceptors (Lipinski definition) is 0. The topological polar surface area (TPSA) is 4.93 Å². The lowest BCUT2D eigenvalue weighted by Gasteiger charge is -2.10. The summed E-state index contributed by atoms with van der Waals surface area (Å²) in [6, 6.07) is 35.5. The minimum atomic E-state index is 1.06. The molecule has 1 heterocycles. The summed E-state index contributed by atoms with van der Waals surface area (Å²) in [6.07, 6.45) is 1.06. The molecule has 6 aromatic rings. The van der Waals surface area contributed by atoms with Crippen LogP contribution in [0, 0.1) is 0 Å². The van der Waals surface area contributed by atoms with Crippen molar-refractivity contribution >= 4 is 43.4 Å². The molecule has 0 radical (unpaired) electrons. The second kappa shape index (κ2) is 6.22. The first-order chi connectivity index (χ1) is 14.3. The van der Waals surface area contributed by atoms with E-state index in [0.29, 0.717) is 0 Å². The molecule has 0 bridgehead atoms. The minimum absolute atomic E-state index is 1.06. The molecule has 0 unspecified atom stereocenters. The lowest BCUT2D eigenvalue weighted by atomic mass is 10.0. The predicted octanol–water partition coefficient (Wildman–Crippen LogP) is 7.65. The highest BCUT2D eigenvalue weighted by Gasteiger charge is 2.16. The molecular formula is C28H21N. The van der Waals surface area contributed by atoms with E-state index in [9.17, 15) is 0 Å². The van der Waals surface area contributed by atoms with Crippen molar-refractivity contribution in [3.05, 3.63) is 103 Å². The summed E-state index contributed by atoms with van der Waals surface area (Å²) < 4.78 is 2.44. The van der Waals surface area contributed by atoms with Crippen molar-refractivity contribution in [1.82, 2.24) is 4.57 Å². The first-order valence-corrected chi connectivity index (χ1v) is 10.3. The Kier molecular flexibility index (Phi) is 3.51. The molecule has 0 aliphatic carbocycles. The van der Waals surface area contributed by atoms with Crippen LogP contribution in [-0.4, -0.2) is 4.57 Å². The molecule has 1 heteroatoms. The average molecular weight is 371 g/mol. The van der Waals surface area contributed by atoms with E-state index in [1.807, 2.05) is 0 Å². The summed E-state index contributed by atoms with van der Waals surface area (Å²) in [6.45, 7) is 2.20. The van der Waals surface area contributed by atoms with Crippen LogP contribution in [0.3, 0.4) is 0 Å². The number of aromatic nitrogens is 1. The van der Waals surface area contributed by atoms with Gasteiger partial charge < -0.3 is 4.57 Å². The number of aryl methyl sites for hydroxylation is 1. The molecule has 0 saturated heterocycles. The third-order valence-electron chi connectivity index (χ3n) is 6.14. The van der Waals surface area contributed by atoms with Crippen LogP contribution < -0.4 is 0 Å². The Morgan fingerprint density at radius 3 is 2.00 bits per heavy atom. The van der Waals surface area contributed by atoms with Crippen LogP contribution in [0.15, 0.2) is 97.1 Å². The summed E-state index contributed by atoms with van der Waals surface area (Å²) in [4.78, 5) is 0. The minimum Gasteiger partial charge on any atom is -0.309 e. The second-order valence-electron chi connectivity index (χ2n) is 7.72. The highest BCUT2D eigenvalue weighted by molar-refractivity contribution is 6.25. The summed E-state index contributed by atoms with van der Waals surface area (Å²) in [5.74, 6) is 0. The van der Waals surface area contributed by atoms with E-state index in [1.54, 1.807) is 0 Å². The molecule has 0 saturated carbocycles. The maximum atomic E-state index is 2.44. The van der Waals surface area contributed by atoms with Gasteiger partial charge in [0.2, 0.25) is 0 Å². The average Bonchev–Trinajstić information content (AvgIpc) is 3.14. The monoisotopic (exact) mass is 371 g/mol. The van der Waals surface area contributed by atoms with Crippen molar-refractivity contribution in [2.45, 2.75) is 13.3 Å². The van der Waals surface area contributed by atoms with Crippen LogP contribution in [0.1, 0.15) is 12.5 Å². The summed E-state index contributed by atoms with van der Waals surface area (Å²) in [5.41, 5.74) is 5.14. The largest absolute Gasteiger partial charge is 0.309 e. The molecule has 1 nitrogen and oxygen atoms in total. The molecular weight excluding hydrogens is 350 g/mol. The molecule has 0 atom stereocenters. The van der Waals surface area contributed by atoms with Gasteiger partial charge in [0, 0.05) is 21.8 Å². The van der Waals surface area contributed by atoms with Crippen LogP contribution in [0.5, 0.6) is 0 Å². The summed E-state index contributed by atoms with van der Waals surface area (Å²) >= 11 is 0. The number of hydrogen-bond donors (Lipinski definition) is 0. The van der Waals surface area contributed by atoms with Gasteiger partial charge in [-0.2, -0.15) is 0 Å². The molecule has 5 aromatic carbocycles. The molecule has 29 heavy (non-hydrogen) atoms. The van der Waals surface area contributed by atoms with Gasteiger partial charge in [-0.05, 0) is 46.3 Å². The van der Waals surface area contributed by atoms with Crippen molar-refractivity contribution in [2.24, 2.45) is 0 Å². The third kappa shape index (κ3) is 2.34. The van der Waals surface area contributed by atoms with Crippen LogP contribution >= 0.6 is 0 Å². The molecule has 6 rings (SSSR count). The zero-order valence-corrected chi connectivity index (χ0v) is 16.4. The maximum Gasteiger partial charge on any atom is 0.0619 e. The van der Waals surface area contributed by atoms with Gasteiger partial charge >= 0.3 is 0 Å². The quantitative estimate of drug-likeness (QED) is 0.294. The third-order valence-corrected chi connectivity index (χ3v) is 6.14. The molecule has 0 N–H and O–H groups in total. The van der Waals surface area contributed by atoms with E-state index in [2.05, 4.69) is 109 Å². The van der Waals surface area contributed by atoms with E-state index in [1.165, 1.54) is 54.6 Å². The second-order valence-corrected chi connectivity index (χ2v) is 7.72. The van der Waals surface area contributed by atoms with Gasteiger partial charge in [0.1, 0.15) is 0 Å². The van der Waals surface area contributed by atoms with Gasteiger partial charge in [-0.1, -0.05) is 85.8 Å². The Labute approximate surface area is 169 Å². The van der Waals surface area contributed by atoms with Gasteiger partial charge in [0.15, 0.2) is 0 Å². The molecule has 0 fully saturated rings. The SMILES string of the molecule is CCc1ccc(-n2c3ccc4ccccc4c3c3ccc4ccccc4c32)cc1. The van der Waals surface area contributed by atoms with Crippen LogP contribution in [0.4, 0.5) is 0 Å². The summed E-state index contributed by atoms with van der Waals surface area (Å²) in [7, 11) is 0. The molecule has 138 valence electrons. The van der Waals surface area contributed by atoms with Crippen LogP contribution in [-0.2, 0) is 6.42 Å². The van der Waals surface area contributed by atoms with Gasteiger partial charge in [-0.3, -0.25) is 0 Å². The Morgan fingerprint density at radius 1 is 0.586 bits per heavy atom. The van der Waals surface area contributed by atoms with Crippen LogP contribution in [0.2, 0.25) is 0 Å². The normalized spacial score (nSPS) is 11.8. The van der Waals surface area contributed by atoms with E-state index in [-0.39, 0.29) is 0 Å². The number of benzene rings is 5. The lowest BCUT2D eigenvalue weighted by molar-refractivity contribution is 1.12. The number of nitrogens with zero attached hydrogens (tertiary/aromatic N) is 1. The number of fused-ring (bicyclic) bond motifs is 7. The van der Waals surface area contributed by atoms with Gasteiger partial charge in [0.25, 0.3) is 0 Å². The first-order valence-electron chi connectivity index (χ1n) is 10.3.